The lowest BCUT2D eigenvalue weighted by molar-refractivity contribution is -0.0834. The van der Waals surface area contributed by atoms with Gasteiger partial charge in [-0.05, 0) is 62.8 Å². The van der Waals surface area contributed by atoms with E-state index in [1.54, 1.807) is 12.1 Å². The Morgan fingerprint density at radius 2 is 2.00 bits per heavy atom. The van der Waals surface area contributed by atoms with Crippen LogP contribution in [-0.2, 0) is 11.2 Å². The van der Waals surface area contributed by atoms with Gasteiger partial charge in [-0.15, -0.1) is 0 Å². The largest absolute Gasteiger partial charge is 0.378 e. The van der Waals surface area contributed by atoms with Crippen LogP contribution in [0.15, 0.2) is 24.3 Å². The summed E-state index contributed by atoms with van der Waals surface area (Å²) < 4.78 is 18.7. The van der Waals surface area contributed by atoms with Crippen LogP contribution in [0.2, 0.25) is 0 Å². The summed E-state index contributed by atoms with van der Waals surface area (Å²) >= 11 is 0. The lowest BCUT2D eigenvalue weighted by Gasteiger charge is -2.43. The molecule has 3 heteroatoms. The van der Waals surface area contributed by atoms with Crippen LogP contribution >= 0.6 is 0 Å². The van der Waals surface area contributed by atoms with Crippen LogP contribution in [0, 0.1) is 5.82 Å². The van der Waals surface area contributed by atoms with Gasteiger partial charge >= 0.3 is 0 Å². The van der Waals surface area contributed by atoms with Gasteiger partial charge in [0.2, 0.25) is 0 Å². The summed E-state index contributed by atoms with van der Waals surface area (Å²) in [6.45, 7) is 3.20. The Morgan fingerprint density at radius 1 is 1.30 bits per heavy atom. The van der Waals surface area contributed by atoms with E-state index < -0.39 is 0 Å². The lowest BCUT2D eigenvalue weighted by Crippen LogP contribution is -2.46. The number of rotatable bonds is 8. The zero-order valence-electron chi connectivity index (χ0n) is 12.6. The summed E-state index contributed by atoms with van der Waals surface area (Å²) in [7, 11) is 1.83. The lowest BCUT2D eigenvalue weighted by atomic mass is 9.75. The van der Waals surface area contributed by atoms with E-state index in [1.807, 2.05) is 19.2 Å². The third-order valence-corrected chi connectivity index (χ3v) is 4.39. The predicted octanol–water partition coefficient (Wildman–Crippen LogP) is 3.70. The summed E-state index contributed by atoms with van der Waals surface area (Å²) in [6.07, 6.45) is 6.70. The predicted molar refractivity (Wildman–Crippen MR) is 80.4 cm³/mol. The summed E-state index contributed by atoms with van der Waals surface area (Å²) in [5, 5.41) is 3.62. The molecule has 1 aliphatic rings. The van der Waals surface area contributed by atoms with Crippen LogP contribution in [0.3, 0.4) is 0 Å². The van der Waals surface area contributed by atoms with Gasteiger partial charge in [-0.3, -0.25) is 0 Å². The molecule has 1 fully saturated rings. The highest BCUT2D eigenvalue weighted by Gasteiger charge is 2.38. The fourth-order valence-electron chi connectivity index (χ4n) is 2.98. The van der Waals surface area contributed by atoms with Gasteiger partial charge in [-0.1, -0.05) is 19.1 Å². The van der Waals surface area contributed by atoms with E-state index in [0.29, 0.717) is 6.04 Å². The Morgan fingerprint density at radius 3 is 2.50 bits per heavy atom. The van der Waals surface area contributed by atoms with E-state index in [2.05, 4.69) is 12.2 Å². The maximum atomic E-state index is 13.0. The molecule has 1 atom stereocenters. The fraction of sp³-hybridized carbons (Fsp3) is 0.647. The SMILES string of the molecule is CCCNC(Cc1ccc(F)cc1)CC1(OC)CCC1. The van der Waals surface area contributed by atoms with Crippen LogP contribution < -0.4 is 5.32 Å². The molecule has 1 aromatic carbocycles. The first-order chi connectivity index (χ1) is 9.67. The second kappa shape index (κ2) is 7.19. The van der Waals surface area contributed by atoms with Crippen LogP contribution in [0.25, 0.3) is 0 Å². The van der Waals surface area contributed by atoms with Crippen molar-refractivity contribution in [2.24, 2.45) is 0 Å². The molecule has 2 nitrogen and oxygen atoms in total. The van der Waals surface area contributed by atoms with Gasteiger partial charge in [-0.25, -0.2) is 4.39 Å². The first-order valence-corrected chi connectivity index (χ1v) is 7.70. The highest BCUT2D eigenvalue weighted by Crippen LogP contribution is 2.39. The molecule has 0 aromatic heterocycles. The number of halogens is 1. The van der Waals surface area contributed by atoms with E-state index in [9.17, 15) is 4.39 Å². The van der Waals surface area contributed by atoms with Gasteiger partial charge in [0.15, 0.2) is 0 Å². The Kier molecular flexibility index (Phi) is 5.55. The van der Waals surface area contributed by atoms with Crippen molar-refractivity contribution in [2.45, 2.75) is 57.1 Å². The summed E-state index contributed by atoms with van der Waals surface area (Å²) in [5.74, 6) is -0.167. The Balaban J connectivity index is 1.97. The van der Waals surface area contributed by atoms with Gasteiger partial charge in [0, 0.05) is 13.2 Å². The molecule has 0 saturated heterocycles. The molecule has 2 rings (SSSR count). The van der Waals surface area contributed by atoms with Gasteiger partial charge in [0.05, 0.1) is 5.60 Å². The van der Waals surface area contributed by atoms with Crippen molar-refractivity contribution in [2.75, 3.05) is 13.7 Å². The Bertz CT molecular complexity index is 394. The van der Waals surface area contributed by atoms with Gasteiger partial charge in [0.1, 0.15) is 5.82 Å². The molecule has 112 valence electrons. The highest BCUT2D eigenvalue weighted by molar-refractivity contribution is 5.17. The standard InChI is InChI=1S/C17H26FNO/c1-3-11-19-16(13-17(20-2)9-4-10-17)12-14-5-7-15(18)8-6-14/h5-8,16,19H,3-4,9-13H2,1-2H3. The van der Waals surface area contributed by atoms with E-state index >= 15 is 0 Å². The van der Waals surface area contributed by atoms with Gasteiger partial charge in [-0.2, -0.15) is 0 Å². The number of ether oxygens (including phenoxy) is 1. The highest BCUT2D eigenvalue weighted by atomic mass is 19.1. The fourth-order valence-corrected chi connectivity index (χ4v) is 2.98. The molecule has 0 bridgehead atoms. The van der Waals surface area contributed by atoms with E-state index in [1.165, 1.54) is 12.0 Å². The van der Waals surface area contributed by atoms with Gasteiger partial charge < -0.3 is 10.1 Å². The van der Waals surface area contributed by atoms with Crippen molar-refractivity contribution >= 4 is 0 Å². The molecule has 0 aliphatic heterocycles. The summed E-state index contributed by atoms with van der Waals surface area (Å²) in [5.41, 5.74) is 1.26. The zero-order valence-corrected chi connectivity index (χ0v) is 12.6. The first kappa shape index (κ1) is 15.5. The van der Waals surface area contributed by atoms with E-state index in [0.717, 1.165) is 38.6 Å². The molecule has 1 saturated carbocycles. The van der Waals surface area contributed by atoms with Gasteiger partial charge in [0.25, 0.3) is 0 Å². The maximum absolute atomic E-state index is 13.0. The van der Waals surface area contributed by atoms with Crippen LogP contribution in [0.4, 0.5) is 4.39 Å². The third kappa shape index (κ3) is 4.03. The number of nitrogens with one attached hydrogen (secondary N) is 1. The number of hydrogen-bond donors (Lipinski definition) is 1. The summed E-state index contributed by atoms with van der Waals surface area (Å²) in [6, 6.07) is 7.26. The van der Waals surface area contributed by atoms with Crippen LogP contribution in [-0.4, -0.2) is 25.3 Å². The second-order valence-corrected chi connectivity index (χ2v) is 5.93. The van der Waals surface area contributed by atoms with Crippen molar-refractivity contribution in [1.82, 2.24) is 5.32 Å². The average molecular weight is 279 g/mol. The van der Waals surface area contributed by atoms with Crippen molar-refractivity contribution < 1.29 is 9.13 Å². The van der Waals surface area contributed by atoms with Crippen LogP contribution in [0.5, 0.6) is 0 Å². The third-order valence-electron chi connectivity index (χ3n) is 4.39. The monoisotopic (exact) mass is 279 g/mol. The number of hydrogen-bond acceptors (Lipinski definition) is 2. The molecule has 0 radical (unpaired) electrons. The summed E-state index contributed by atoms with van der Waals surface area (Å²) in [4.78, 5) is 0. The second-order valence-electron chi connectivity index (χ2n) is 5.93. The molecule has 0 amide bonds. The molecule has 1 aliphatic carbocycles. The minimum atomic E-state index is -0.167. The zero-order chi connectivity index (χ0) is 14.4. The quantitative estimate of drug-likeness (QED) is 0.783. The van der Waals surface area contributed by atoms with Crippen molar-refractivity contribution in [3.63, 3.8) is 0 Å². The molecule has 1 aromatic rings. The number of methoxy groups -OCH3 is 1. The van der Waals surface area contributed by atoms with Crippen LogP contribution in [0.1, 0.15) is 44.6 Å². The Labute approximate surface area is 121 Å². The normalized spacial score (nSPS) is 18.6. The molecule has 1 N–H and O–H groups in total. The molecular formula is C17H26FNO. The van der Waals surface area contributed by atoms with E-state index in [4.69, 9.17) is 4.74 Å². The smallest absolute Gasteiger partial charge is 0.123 e. The van der Waals surface area contributed by atoms with Crippen molar-refractivity contribution in [1.29, 1.82) is 0 Å². The molecule has 20 heavy (non-hydrogen) atoms. The van der Waals surface area contributed by atoms with Crippen molar-refractivity contribution in [3.8, 4) is 0 Å². The minimum absolute atomic E-state index is 0.0748. The number of benzene rings is 1. The average Bonchev–Trinajstić information content (AvgIpc) is 2.42. The topological polar surface area (TPSA) is 21.3 Å². The molecule has 1 unspecified atom stereocenters. The molecular weight excluding hydrogens is 253 g/mol. The molecule has 0 spiro atoms. The molecule has 0 heterocycles. The van der Waals surface area contributed by atoms with Crippen molar-refractivity contribution in [3.05, 3.63) is 35.6 Å². The first-order valence-electron chi connectivity index (χ1n) is 7.70. The Hall–Kier alpha value is -0.930. The minimum Gasteiger partial charge on any atom is -0.378 e. The maximum Gasteiger partial charge on any atom is 0.123 e. The van der Waals surface area contributed by atoms with E-state index in [-0.39, 0.29) is 11.4 Å².